The van der Waals surface area contributed by atoms with E-state index in [1.165, 1.54) is 6.42 Å². The van der Waals surface area contributed by atoms with Crippen LogP contribution in [0.2, 0.25) is 0 Å². The fourth-order valence-corrected chi connectivity index (χ4v) is 3.31. The third-order valence-electron chi connectivity index (χ3n) is 4.69. The topological polar surface area (TPSA) is 53.6 Å². The first-order valence-electron chi connectivity index (χ1n) is 8.02. The van der Waals surface area contributed by atoms with E-state index in [0.717, 1.165) is 25.2 Å². The summed E-state index contributed by atoms with van der Waals surface area (Å²) in [6.45, 7) is 6.64. The van der Waals surface area contributed by atoms with Crippen LogP contribution in [0.3, 0.4) is 0 Å². The molecule has 2 heterocycles. The molecule has 1 saturated heterocycles. The lowest BCUT2D eigenvalue weighted by atomic mass is 9.92. The Morgan fingerprint density at radius 2 is 2.27 bits per heavy atom. The highest BCUT2D eigenvalue weighted by Crippen LogP contribution is 2.34. The van der Waals surface area contributed by atoms with E-state index < -0.39 is 0 Å². The van der Waals surface area contributed by atoms with Crippen LogP contribution in [0.1, 0.15) is 37.0 Å². The van der Waals surface area contributed by atoms with Crippen molar-refractivity contribution >= 4 is 11.6 Å². The number of carbonyl (C=O) groups excluding carboxylic acids is 1. The number of hydrogen-bond donors (Lipinski definition) is 2. The largest absolute Gasteiger partial charge is 0.489 e. The predicted molar refractivity (Wildman–Crippen MR) is 87.8 cm³/mol. The second-order valence-corrected chi connectivity index (χ2v) is 6.75. The summed E-state index contributed by atoms with van der Waals surface area (Å²) in [6, 6.07) is 6.07. The summed E-state index contributed by atoms with van der Waals surface area (Å²) in [5, 5.41) is 6.65. The van der Waals surface area contributed by atoms with Gasteiger partial charge < -0.3 is 20.3 Å². The number of fused-ring (bicyclic) bond motifs is 1. The van der Waals surface area contributed by atoms with Crippen LogP contribution in [0, 0.1) is 0 Å². The minimum atomic E-state index is -0.281. The Kier molecular flexibility index (Phi) is 4.00. The molecule has 3 rings (SSSR count). The van der Waals surface area contributed by atoms with E-state index in [1.54, 1.807) is 0 Å². The standard InChI is InChI=1S/C17H25N3O2/c1-17(2,14-8-5-9-18-14)19-16(21)12-6-4-7-13-15(12)22-11-10-20(13)3/h4,6-7,14,18H,5,8-11H2,1-3H3,(H,19,21). The molecule has 22 heavy (non-hydrogen) atoms. The number of rotatable bonds is 3. The second kappa shape index (κ2) is 5.80. The zero-order chi connectivity index (χ0) is 15.7. The maximum atomic E-state index is 12.8. The highest BCUT2D eigenvalue weighted by molar-refractivity contribution is 5.99. The molecule has 0 spiro atoms. The molecule has 0 bridgehead atoms. The summed E-state index contributed by atoms with van der Waals surface area (Å²) in [5.41, 5.74) is 1.32. The van der Waals surface area contributed by atoms with Crippen LogP contribution in [0.25, 0.3) is 0 Å². The average molecular weight is 303 g/mol. The van der Waals surface area contributed by atoms with Crippen LogP contribution in [-0.4, -0.2) is 44.2 Å². The van der Waals surface area contributed by atoms with Gasteiger partial charge >= 0.3 is 0 Å². The maximum absolute atomic E-state index is 12.8. The Bertz CT molecular complexity index is 565. The highest BCUT2D eigenvalue weighted by atomic mass is 16.5. The van der Waals surface area contributed by atoms with Gasteiger partial charge in [-0.2, -0.15) is 0 Å². The summed E-state index contributed by atoms with van der Waals surface area (Å²) < 4.78 is 5.77. The van der Waals surface area contributed by atoms with Crippen molar-refractivity contribution in [3.63, 3.8) is 0 Å². The Labute approximate surface area is 132 Å². The smallest absolute Gasteiger partial charge is 0.255 e. The summed E-state index contributed by atoms with van der Waals surface area (Å²) >= 11 is 0. The molecule has 1 aromatic rings. The molecular formula is C17H25N3O2. The fourth-order valence-electron chi connectivity index (χ4n) is 3.31. The number of nitrogens with one attached hydrogen (secondary N) is 2. The van der Waals surface area contributed by atoms with E-state index >= 15 is 0 Å². The lowest BCUT2D eigenvalue weighted by Gasteiger charge is -2.34. The van der Waals surface area contributed by atoms with Crippen LogP contribution in [0.4, 0.5) is 5.69 Å². The SMILES string of the molecule is CN1CCOc2c(C(=O)NC(C)(C)C3CCCN3)cccc21. The summed E-state index contributed by atoms with van der Waals surface area (Å²) in [5.74, 6) is 0.634. The molecule has 2 aliphatic heterocycles. The molecule has 1 atom stereocenters. The molecule has 5 nitrogen and oxygen atoms in total. The molecule has 1 aromatic carbocycles. The molecule has 1 fully saturated rings. The van der Waals surface area contributed by atoms with Crippen LogP contribution in [0.15, 0.2) is 18.2 Å². The van der Waals surface area contributed by atoms with Gasteiger partial charge in [-0.05, 0) is 45.4 Å². The van der Waals surface area contributed by atoms with Gasteiger partial charge in [0.05, 0.1) is 23.3 Å². The van der Waals surface area contributed by atoms with Gasteiger partial charge in [0.15, 0.2) is 5.75 Å². The molecule has 120 valence electrons. The lowest BCUT2D eigenvalue weighted by molar-refractivity contribution is 0.0892. The zero-order valence-corrected chi connectivity index (χ0v) is 13.6. The molecule has 2 aliphatic rings. The molecule has 2 N–H and O–H groups in total. The first kappa shape index (κ1) is 15.2. The Hall–Kier alpha value is -1.75. The second-order valence-electron chi connectivity index (χ2n) is 6.75. The van der Waals surface area contributed by atoms with Gasteiger partial charge in [-0.3, -0.25) is 4.79 Å². The number of nitrogens with zero attached hydrogens (tertiary/aromatic N) is 1. The van der Waals surface area contributed by atoms with Crippen molar-refractivity contribution < 1.29 is 9.53 Å². The first-order valence-corrected chi connectivity index (χ1v) is 8.02. The van der Waals surface area contributed by atoms with Gasteiger partial charge in [0.25, 0.3) is 5.91 Å². The van der Waals surface area contributed by atoms with Crippen molar-refractivity contribution in [1.29, 1.82) is 0 Å². The summed E-state index contributed by atoms with van der Waals surface area (Å²) in [4.78, 5) is 14.9. The van der Waals surface area contributed by atoms with Crippen LogP contribution >= 0.6 is 0 Å². The van der Waals surface area contributed by atoms with Gasteiger partial charge in [0.2, 0.25) is 0 Å². The zero-order valence-electron chi connectivity index (χ0n) is 13.6. The third kappa shape index (κ3) is 2.77. The van der Waals surface area contributed by atoms with Crippen molar-refractivity contribution in [3.05, 3.63) is 23.8 Å². The minimum absolute atomic E-state index is 0.0640. The van der Waals surface area contributed by atoms with Gasteiger partial charge in [0, 0.05) is 13.1 Å². The van der Waals surface area contributed by atoms with E-state index in [2.05, 4.69) is 29.4 Å². The predicted octanol–water partition coefficient (Wildman–Crippen LogP) is 1.78. The van der Waals surface area contributed by atoms with Crippen LogP contribution < -0.4 is 20.3 Å². The number of ether oxygens (including phenoxy) is 1. The number of benzene rings is 1. The number of hydrogen-bond acceptors (Lipinski definition) is 4. The van der Waals surface area contributed by atoms with Crippen molar-refractivity contribution in [3.8, 4) is 5.75 Å². The lowest BCUT2D eigenvalue weighted by Crippen LogP contribution is -2.55. The van der Waals surface area contributed by atoms with E-state index in [9.17, 15) is 4.79 Å². The number of amides is 1. The van der Waals surface area contributed by atoms with E-state index in [0.29, 0.717) is 24.0 Å². The van der Waals surface area contributed by atoms with E-state index in [-0.39, 0.29) is 11.4 Å². The molecular weight excluding hydrogens is 278 g/mol. The van der Waals surface area contributed by atoms with Gasteiger partial charge in [-0.1, -0.05) is 6.07 Å². The van der Waals surface area contributed by atoms with Gasteiger partial charge in [0.1, 0.15) is 6.61 Å². The van der Waals surface area contributed by atoms with Gasteiger partial charge in [-0.15, -0.1) is 0 Å². The van der Waals surface area contributed by atoms with Crippen LogP contribution in [0.5, 0.6) is 5.75 Å². The van der Waals surface area contributed by atoms with E-state index in [1.807, 2.05) is 25.2 Å². The Morgan fingerprint density at radius 3 is 3.00 bits per heavy atom. The highest BCUT2D eigenvalue weighted by Gasteiger charge is 2.34. The normalized spacial score (nSPS) is 21.2. The maximum Gasteiger partial charge on any atom is 0.255 e. The summed E-state index contributed by atoms with van der Waals surface area (Å²) in [6.07, 6.45) is 2.26. The average Bonchev–Trinajstić information content (AvgIpc) is 3.02. The van der Waals surface area contributed by atoms with Crippen molar-refractivity contribution in [1.82, 2.24) is 10.6 Å². The first-order chi connectivity index (χ1) is 10.5. The molecule has 0 saturated carbocycles. The van der Waals surface area contributed by atoms with Gasteiger partial charge in [-0.25, -0.2) is 0 Å². The molecule has 0 aromatic heterocycles. The number of anilines is 1. The Morgan fingerprint density at radius 1 is 1.45 bits per heavy atom. The Balaban J connectivity index is 1.82. The number of carbonyl (C=O) groups is 1. The summed E-state index contributed by atoms with van der Waals surface area (Å²) in [7, 11) is 2.02. The fraction of sp³-hybridized carbons (Fsp3) is 0.588. The molecule has 1 unspecified atom stereocenters. The van der Waals surface area contributed by atoms with Crippen molar-refractivity contribution in [2.45, 2.75) is 38.3 Å². The third-order valence-corrected chi connectivity index (χ3v) is 4.69. The van der Waals surface area contributed by atoms with Crippen molar-refractivity contribution in [2.24, 2.45) is 0 Å². The monoisotopic (exact) mass is 303 g/mol. The molecule has 0 radical (unpaired) electrons. The minimum Gasteiger partial charge on any atom is -0.489 e. The quantitative estimate of drug-likeness (QED) is 0.894. The molecule has 1 amide bonds. The number of likely N-dealkylation sites (N-methyl/N-ethyl adjacent to an activating group) is 1. The molecule has 0 aliphatic carbocycles. The molecule has 5 heteroatoms. The van der Waals surface area contributed by atoms with E-state index in [4.69, 9.17) is 4.74 Å². The van der Waals surface area contributed by atoms with Crippen molar-refractivity contribution in [2.75, 3.05) is 31.6 Å². The number of para-hydroxylation sites is 1. The van der Waals surface area contributed by atoms with Crippen LogP contribution in [-0.2, 0) is 0 Å².